The Hall–Kier alpha value is -1.61. The highest BCUT2D eigenvalue weighted by Gasteiger charge is 2.23. The number of hydrogen-bond acceptors (Lipinski definition) is 3. The first-order valence-corrected chi connectivity index (χ1v) is 6.32. The third-order valence-electron chi connectivity index (χ3n) is 3.30. The third-order valence-corrected chi connectivity index (χ3v) is 3.52. The predicted molar refractivity (Wildman–Crippen MR) is 71.9 cm³/mol. The second kappa shape index (κ2) is 4.58. The Balaban J connectivity index is 1.79. The molecule has 4 heteroatoms. The Morgan fingerprint density at radius 3 is 2.83 bits per heavy atom. The monoisotopic (exact) mass is 258 g/mol. The summed E-state index contributed by atoms with van der Waals surface area (Å²) in [5, 5.41) is 4.17. The van der Waals surface area contributed by atoms with Crippen molar-refractivity contribution in [3.8, 4) is 0 Å². The molecule has 0 saturated heterocycles. The van der Waals surface area contributed by atoms with Crippen LogP contribution in [0.15, 0.2) is 24.5 Å². The Morgan fingerprint density at radius 1 is 1.28 bits per heavy atom. The largest absolute Gasteiger partial charge is 0.351 e. The molecule has 1 atom stereocenters. The number of anilines is 1. The molecule has 18 heavy (non-hydrogen) atoms. The van der Waals surface area contributed by atoms with Gasteiger partial charge < -0.3 is 5.32 Å². The van der Waals surface area contributed by atoms with Gasteiger partial charge in [0.15, 0.2) is 0 Å². The highest BCUT2D eigenvalue weighted by molar-refractivity contribution is 6.30. The highest BCUT2D eigenvalue weighted by Crippen LogP contribution is 2.29. The van der Waals surface area contributed by atoms with Crippen LogP contribution < -0.4 is 5.32 Å². The van der Waals surface area contributed by atoms with Gasteiger partial charge in [0, 0.05) is 29.5 Å². The molecule has 1 unspecified atom stereocenters. The molecule has 1 aliphatic carbocycles. The Morgan fingerprint density at radius 2 is 2.06 bits per heavy atom. The number of nitrogens with zero attached hydrogens (tertiary/aromatic N) is 2. The maximum absolute atomic E-state index is 6.09. The molecule has 0 fully saturated rings. The van der Waals surface area contributed by atoms with Crippen LogP contribution in [0.5, 0.6) is 0 Å². The van der Waals surface area contributed by atoms with Crippen molar-refractivity contribution in [3.63, 3.8) is 0 Å². The molecule has 0 amide bonds. The molecule has 0 bridgehead atoms. The number of nitrogens with one attached hydrogen (secondary N) is 1. The van der Waals surface area contributed by atoms with Gasteiger partial charge in [-0.2, -0.15) is 0 Å². The summed E-state index contributed by atoms with van der Waals surface area (Å²) in [6.45, 7) is 2.11. The molecular weight excluding hydrogens is 246 g/mol. The van der Waals surface area contributed by atoms with E-state index in [1.807, 2.05) is 6.07 Å². The van der Waals surface area contributed by atoms with Gasteiger partial charge in [0.1, 0.15) is 0 Å². The van der Waals surface area contributed by atoms with E-state index in [0.29, 0.717) is 12.0 Å². The van der Waals surface area contributed by atoms with Crippen molar-refractivity contribution < 1.29 is 0 Å². The molecule has 1 aliphatic rings. The quantitative estimate of drug-likeness (QED) is 0.900. The minimum atomic E-state index is 0.347. The predicted octanol–water partition coefficient (Wildman–Crippen LogP) is 2.82. The average Bonchev–Trinajstić information content (AvgIpc) is 2.73. The molecule has 2 aromatic rings. The van der Waals surface area contributed by atoms with E-state index in [2.05, 4.69) is 34.3 Å². The standard InChI is InChI=1S/C14H13ClN3/c1-9-5-11(15)6-10-7-12(8-13(9)10)18-14-16-3-2-4-17-14/h3-6,12H,7-8H2,1H3,(H,16,17,18). The first kappa shape index (κ1) is 11.5. The van der Waals surface area contributed by atoms with Gasteiger partial charge in [-0.15, -0.1) is 0 Å². The SMILES string of the molecule is Cc1cc(Cl)cc2c1CC(Nc1nc[c]cn1)C2. The molecule has 3 rings (SSSR count). The van der Waals surface area contributed by atoms with Crippen molar-refractivity contribution in [3.05, 3.63) is 52.3 Å². The van der Waals surface area contributed by atoms with Crippen molar-refractivity contribution >= 4 is 17.5 Å². The second-order valence-electron chi connectivity index (χ2n) is 4.62. The zero-order valence-electron chi connectivity index (χ0n) is 10.1. The summed E-state index contributed by atoms with van der Waals surface area (Å²) in [4.78, 5) is 8.28. The fourth-order valence-corrected chi connectivity index (χ4v) is 2.82. The number of halogens is 1. The normalized spacial score (nSPS) is 17.6. The smallest absolute Gasteiger partial charge is 0.222 e. The summed E-state index contributed by atoms with van der Waals surface area (Å²) < 4.78 is 0. The minimum absolute atomic E-state index is 0.347. The molecule has 0 saturated carbocycles. The second-order valence-corrected chi connectivity index (χ2v) is 5.05. The van der Waals surface area contributed by atoms with Crippen molar-refractivity contribution in [2.45, 2.75) is 25.8 Å². The summed E-state index contributed by atoms with van der Waals surface area (Å²) in [6, 6.07) is 7.24. The van der Waals surface area contributed by atoms with Crippen LogP contribution in [0.3, 0.4) is 0 Å². The first-order valence-electron chi connectivity index (χ1n) is 5.95. The van der Waals surface area contributed by atoms with Crippen LogP contribution in [0.25, 0.3) is 0 Å². The molecule has 3 nitrogen and oxygen atoms in total. The lowest BCUT2D eigenvalue weighted by molar-refractivity contribution is 0.760. The van der Waals surface area contributed by atoms with Crippen molar-refractivity contribution in [1.29, 1.82) is 0 Å². The number of hydrogen-bond donors (Lipinski definition) is 1. The summed E-state index contributed by atoms with van der Waals surface area (Å²) in [5.74, 6) is 0.662. The van der Waals surface area contributed by atoms with Crippen molar-refractivity contribution in [2.75, 3.05) is 5.32 Å². The van der Waals surface area contributed by atoms with Crippen LogP contribution in [0.2, 0.25) is 5.02 Å². The van der Waals surface area contributed by atoms with E-state index in [4.69, 9.17) is 11.6 Å². The minimum Gasteiger partial charge on any atom is -0.351 e. The zero-order chi connectivity index (χ0) is 12.5. The number of rotatable bonds is 2. The molecule has 0 spiro atoms. The Kier molecular flexibility index (Phi) is 2.92. The van der Waals surface area contributed by atoms with E-state index in [-0.39, 0.29) is 0 Å². The van der Waals surface area contributed by atoms with Gasteiger partial charge in [0.2, 0.25) is 5.95 Å². The van der Waals surface area contributed by atoms with Crippen LogP contribution in [-0.4, -0.2) is 16.0 Å². The third kappa shape index (κ3) is 2.18. The van der Waals surface area contributed by atoms with Crippen LogP contribution >= 0.6 is 11.6 Å². The summed E-state index contributed by atoms with van der Waals surface area (Å²) in [7, 11) is 0. The van der Waals surface area contributed by atoms with Gasteiger partial charge >= 0.3 is 0 Å². The van der Waals surface area contributed by atoms with Crippen LogP contribution in [-0.2, 0) is 12.8 Å². The number of fused-ring (bicyclic) bond motifs is 1. The molecule has 1 heterocycles. The molecule has 1 radical (unpaired) electrons. The summed E-state index contributed by atoms with van der Waals surface area (Å²) in [6.07, 6.45) is 5.22. The fourth-order valence-electron chi connectivity index (χ4n) is 2.52. The van der Waals surface area contributed by atoms with Gasteiger partial charge in [-0.25, -0.2) is 9.97 Å². The van der Waals surface area contributed by atoms with E-state index in [0.717, 1.165) is 17.9 Å². The van der Waals surface area contributed by atoms with Gasteiger partial charge in [-0.1, -0.05) is 11.6 Å². The molecule has 1 aromatic carbocycles. The van der Waals surface area contributed by atoms with Gasteiger partial charge in [0.05, 0.1) is 0 Å². The lowest BCUT2D eigenvalue weighted by Gasteiger charge is -2.10. The van der Waals surface area contributed by atoms with Crippen LogP contribution in [0, 0.1) is 13.0 Å². The van der Waals surface area contributed by atoms with Gasteiger partial charge in [0.25, 0.3) is 0 Å². The maximum atomic E-state index is 6.09. The number of benzene rings is 1. The van der Waals surface area contributed by atoms with E-state index < -0.39 is 0 Å². The number of aromatic nitrogens is 2. The summed E-state index contributed by atoms with van der Waals surface area (Å²) >= 11 is 6.09. The van der Waals surface area contributed by atoms with Crippen LogP contribution in [0.4, 0.5) is 5.95 Å². The first-order chi connectivity index (χ1) is 8.72. The van der Waals surface area contributed by atoms with Crippen molar-refractivity contribution in [2.24, 2.45) is 0 Å². The lowest BCUT2D eigenvalue weighted by Crippen LogP contribution is -2.20. The average molecular weight is 259 g/mol. The Labute approximate surface area is 111 Å². The maximum Gasteiger partial charge on any atom is 0.222 e. The zero-order valence-corrected chi connectivity index (χ0v) is 10.8. The van der Waals surface area contributed by atoms with E-state index in [9.17, 15) is 0 Å². The fraction of sp³-hybridized carbons (Fsp3) is 0.286. The molecule has 1 N–H and O–H groups in total. The van der Waals surface area contributed by atoms with Crippen LogP contribution in [0.1, 0.15) is 16.7 Å². The molecule has 1 aromatic heterocycles. The Bertz CT molecular complexity index is 569. The molecule has 91 valence electrons. The van der Waals surface area contributed by atoms with Crippen molar-refractivity contribution in [1.82, 2.24) is 9.97 Å². The number of aryl methyl sites for hydroxylation is 1. The molecule has 0 aliphatic heterocycles. The van der Waals surface area contributed by atoms with Gasteiger partial charge in [-0.3, -0.25) is 0 Å². The van der Waals surface area contributed by atoms with E-state index in [1.165, 1.54) is 16.7 Å². The highest BCUT2D eigenvalue weighted by atomic mass is 35.5. The lowest BCUT2D eigenvalue weighted by atomic mass is 10.1. The van der Waals surface area contributed by atoms with Gasteiger partial charge in [-0.05, 0) is 48.6 Å². The van der Waals surface area contributed by atoms with E-state index in [1.54, 1.807) is 12.4 Å². The molecular formula is C14H13ClN3. The topological polar surface area (TPSA) is 37.8 Å². The summed E-state index contributed by atoms with van der Waals surface area (Å²) in [5.41, 5.74) is 4.00. The van der Waals surface area contributed by atoms with E-state index >= 15 is 0 Å².